The van der Waals surface area contributed by atoms with Crippen LogP contribution in [0.5, 0.6) is 0 Å². The molecule has 0 atom stereocenters. The van der Waals surface area contributed by atoms with Gasteiger partial charge in [0.1, 0.15) is 0 Å². The van der Waals surface area contributed by atoms with Gasteiger partial charge in [0.15, 0.2) is 0 Å². The van der Waals surface area contributed by atoms with Gasteiger partial charge in [0.2, 0.25) is 0 Å². The minimum Gasteiger partial charge on any atom is -0.381 e. The summed E-state index contributed by atoms with van der Waals surface area (Å²) in [5, 5.41) is 0. The molecule has 2 heterocycles. The van der Waals surface area contributed by atoms with Gasteiger partial charge in [-0.2, -0.15) is 0 Å². The zero-order chi connectivity index (χ0) is 10.9. The molecule has 1 aromatic rings. The van der Waals surface area contributed by atoms with Gasteiger partial charge in [0.05, 0.1) is 5.69 Å². The summed E-state index contributed by atoms with van der Waals surface area (Å²) in [7, 11) is 0. The lowest BCUT2D eigenvalue weighted by Crippen LogP contribution is -2.00. The molecule has 2 N–H and O–H groups in total. The number of ether oxygens (including phenoxy) is 1. The molecule has 1 aliphatic heterocycles. The van der Waals surface area contributed by atoms with Crippen molar-refractivity contribution in [3.05, 3.63) is 29.6 Å². The maximum absolute atomic E-state index is 5.41. The Labute approximate surface area is 93.1 Å². The standard InChI is InChI=1S/C8H12N2.C4H8O.H2/c1-2-7-4-3-5-8(6-9)10-7;1-2-4-5-3-1;/h3-5H,2,6,9H2,1H3;1-4H2;1H. The number of hydrogen-bond donors (Lipinski definition) is 1. The van der Waals surface area contributed by atoms with Crippen molar-refractivity contribution in [3.8, 4) is 0 Å². The third-order valence-electron chi connectivity index (χ3n) is 2.26. The Balaban J connectivity index is 0.000000318. The van der Waals surface area contributed by atoms with Gasteiger partial charge in [-0.1, -0.05) is 13.0 Å². The van der Waals surface area contributed by atoms with E-state index < -0.39 is 0 Å². The molecule has 0 aliphatic carbocycles. The molecule has 1 aliphatic rings. The maximum Gasteiger partial charge on any atom is 0.0542 e. The molecular formula is C12H22N2O. The van der Waals surface area contributed by atoms with Crippen LogP contribution in [0.15, 0.2) is 18.2 Å². The number of hydrogen-bond acceptors (Lipinski definition) is 3. The summed E-state index contributed by atoms with van der Waals surface area (Å²) in [5.74, 6) is 0. The highest BCUT2D eigenvalue weighted by Gasteiger charge is 1.94. The summed E-state index contributed by atoms with van der Waals surface area (Å²) >= 11 is 0. The topological polar surface area (TPSA) is 48.1 Å². The van der Waals surface area contributed by atoms with E-state index in [2.05, 4.69) is 11.9 Å². The van der Waals surface area contributed by atoms with Crippen molar-refractivity contribution in [1.82, 2.24) is 4.98 Å². The van der Waals surface area contributed by atoms with Gasteiger partial charge in [0.25, 0.3) is 0 Å². The van der Waals surface area contributed by atoms with Gasteiger partial charge < -0.3 is 10.5 Å². The van der Waals surface area contributed by atoms with Crippen LogP contribution in [0.2, 0.25) is 0 Å². The van der Waals surface area contributed by atoms with Crippen LogP contribution in [0.4, 0.5) is 0 Å². The smallest absolute Gasteiger partial charge is 0.0542 e. The van der Waals surface area contributed by atoms with E-state index in [9.17, 15) is 0 Å². The molecule has 0 amide bonds. The first kappa shape index (κ1) is 12.1. The fourth-order valence-corrected chi connectivity index (χ4v) is 1.35. The predicted molar refractivity (Wildman–Crippen MR) is 63.7 cm³/mol. The molecule has 1 saturated heterocycles. The normalized spacial score (nSPS) is 14.5. The van der Waals surface area contributed by atoms with Gasteiger partial charge in [-0.25, -0.2) is 0 Å². The molecule has 0 unspecified atom stereocenters. The van der Waals surface area contributed by atoms with Crippen LogP contribution in [0.25, 0.3) is 0 Å². The molecule has 2 rings (SSSR count). The van der Waals surface area contributed by atoms with Gasteiger partial charge in [-0.15, -0.1) is 0 Å². The van der Waals surface area contributed by atoms with Crippen LogP contribution in [0, 0.1) is 0 Å². The lowest BCUT2D eigenvalue weighted by Gasteiger charge is -1.97. The molecule has 3 heteroatoms. The van der Waals surface area contributed by atoms with Gasteiger partial charge in [-0.3, -0.25) is 4.98 Å². The Hall–Kier alpha value is -0.930. The average Bonchev–Trinajstić information content (AvgIpc) is 2.88. The van der Waals surface area contributed by atoms with Crippen LogP contribution in [-0.4, -0.2) is 18.2 Å². The van der Waals surface area contributed by atoms with E-state index in [-0.39, 0.29) is 1.43 Å². The highest BCUT2D eigenvalue weighted by molar-refractivity contribution is 5.10. The Morgan fingerprint density at radius 2 is 2.00 bits per heavy atom. The molecule has 15 heavy (non-hydrogen) atoms. The zero-order valence-corrected chi connectivity index (χ0v) is 9.41. The van der Waals surface area contributed by atoms with Gasteiger partial charge in [-0.05, 0) is 31.4 Å². The summed E-state index contributed by atoms with van der Waals surface area (Å²) in [5.41, 5.74) is 7.50. The first-order valence-electron chi connectivity index (χ1n) is 5.59. The van der Waals surface area contributed by atoms with E-state index >= 15 is 0 Å². The van der Waals surface area contributed by atoms with Crippen LogP contribution in [0.1, 0.15) is 32.6 Å². The van der Waals surface area contributed by atoms with Gasteiger partial charge >= 0.3 is 0 Å². The lowest BCUT2D eigenvalue weighted by molar-refractivity contribution is 0.198. The number of rotatable bonds is 2. The van der Waals surface area contributed by atoms with Crippen LogP contribution in [0.3, 0.4) is 0 Å². The number of aryl methyl sites for hydroxylation is 1. The van der Waals surface area contributed by atoms with E-state index in [1.54, 1.807) is 0 Å². The minimum atomic E-state index is 0. The molecule has 0 radical (unpaired) electrons. The third-order valence-corrected chi connectivity index (χ3v) is 2.26. The first-order chi connectivity index (χ1) is 7.36. The summed E-state index contributed by atoms with van der Waals surface area (Å²) < 4.78 is 4.94. The minimum absolute atomic E-state index is 0. The summed E-state index contributed by atoms with van der Waals surface area (Å²) in [6.07, 6.45) is 3.54. The summed E-state index contributed by atoms with van der Waals surface area (Å²) in [6.45, 7) is 4.62. The molecule has 1 fully saturated rings. The second kappa shape index (κ2) is 7.37. The molecule has 86 valence electrons. The summed E-state index contributed by atoms with van der Waals surface area (Å²) in [6, 6.07) is 5.95. The van der Waals surface area contributed by atoms with E-state index in [4.69, 9.17) is 10.5 Å². The van der Waals surface area contributed by atoms with Crippen LogP contribution < -0.4 is 5.73 Å². The van der Waals surface area contributed by atoms with Crippen molar-refractivity contribution in [3.63, 3.8) is 0 Å². The molecule has 0 spiro atoms. The SMILES string of the molecule is C1CCOC1.CCc1cccc(CN)n1.[HH]. The largest absolute Gasteiger partial charge is 0.381 e. The first-order valence-corrected chi connectivity index (χ1v) is 5.59. The van der Waals surface area contributed by atoms with E-state index in [1.807, 2.05) is 18.2 Å². The van der Waals surface area contributed by atoms with Crippen molar-refractivity contribution < 1.29 is 6.16 Å². The highest BCUT2D eigenvalue weighted by Crippen LogP contribution is 1.98. The second-order valence-electron chi connectivity index (χ2n) is 3.50. The van der Waals surface area contributed by atoms with Crippen molar-refractivity contribution in [2.45, 2.75) is 32.7 Å². The second-order valence-corrected chi connectivity index (χ2v) is 3.50. The van der Waals surface area contributed by atoms with E-state index in [1.165, 1.54) is 12.8 Å². The monoisotopic (exact) mass is 210 g/mol. The number of nitrogens with zero attached hydrogens (tertiary/aromatic N) is 1. The number of pyridine rings is 1. The van der Waals surface area contributed by atoms with E-state index in [0.717, 1.165) is 31.0 Å². The van der Waals surface area contributed by atoms with Crippen LogP contribution >= 0.6 is 0 Å². The fraction of sp³-hybridized carbons (Fsp3) is 0.583. The predicted octanol–water partition coefficient (Wildman–Crippen LogP) is 2.15. The molecule has 0 bridgehead atoms. The molecule has 1 aromatic heterocycles. The Kier molecular flexibility index (Phi) is 5.97. The molecular weight excluding hydrogens is 188 g/mol. The lowest BCUT2D eigenvalue weighted by atomic mass is 10.2. The summed E-state index contributed by atoms with van der Waals surface area (Å²) in [4.78, 5) is 4.28. The number of aromatic nitrogens is 1. The maximum atomic E-state index is 5.41. The van der Waals surface area contributed by atoms with Crippen molar-refractivity contribution in [2.75, 3.05) is 13.2 Å². The fourth-order valence-electron chi connectivity index (χ4n) is 1.35. The van der Waals surface area contributed by atoms with Crippen molar-refractivity contribution >= 4 is 0 Å². The Bertz CT molecular complexity index is 251. The number of nitrogens with two attached hydrogens (primary N) is 1. The molecule has 0 aromatic carbocycles. The average molecular weight is 210 g/mol. The molecule has 0 saturated carbocycles. The zero-order valence-electron chi connectivity index (χ0n) is 9.41. The van der Waals surface area contributed by atoms with E-state index in [0.29, 0.717) is 6.54 Å². The highest BCUT2D eigenvalue weighted by atomic mass is 16.5. The van der Waals surface area contributed by atoms with Gasteiger partial charge in [0, 0.05) is 26.9 Å². The Morgan fingerprint density at radius 1 is 1.33 bits per heavy atom. The molecule has 3 nitrogen and oxygen atoms in total. The van der Waals surface area contributed by atoms with Crippen molar-refractivity contribution in [1.29, 1.82) is 0 Å². The van der Waals surface area contributed by atoms with Crippen LogP contribution in [-0.2, 0) is 17.7 Å². The Morgan fingerprint density at radius 3 is 2.47 bits per heavy atom. The quantitative estimate of drug-likeness (QED) is 0.813. The third kappa shape index (κ3) is 4.91. The van der Waals surface area contributed by atoms with Crippen molar-refractivity contribution in [2.24, 2.45) is 5.73 Å².